The molecule has 0 bridgehead atoms. The zero-order chi connectivity index (χ0) is 8.97. The highest BCUT2D eigenvalue weighted by Crippen LogP contribution is 2.17. The SMILES string of the molecule is OC[C@@H](NCl)c1cccc(Cl)c1. The zero-order valence-corrected chi connectivity index (χ0v) is 7.81. The Morgan fingerprint density at radius 2 is 2.25 bits per heavy atom. The maximum absolute atomic E-state index is 8.88. The highest BCUT2D eigenvalue weighted by molar-refractivity contribution is 6.30. The van der Waals surface area contributed by atoms with E-state index >= 15 is 0 Å². The van der Waals surface area contributed by atoms with Gasteiger partial charge in [0.15, 0.2) is 0 Å². The van der Waals surface area contributed by atoms with Gasteiger partial charge in [0.2, 0.25) is 0 Å². The number of hydrogen-bond acceptors (Lipinski definition) is 2. The molecule has 0 aromatic heterocycles. The molecular weight excluding hydrogens is 197 g/mol. The number of nitrogens with one attached hydrogen (secondary N) is 1. The van der Waals surface area contributed by atoms with Crippen LogP contribution in [0.2, 0.25) is 5.02 Å². The Hall–Kier alpha value is -0.280. The molecule has 4 heteroatoms. The van der Waals surface area contributed by atoms with Crippen LogP contribution in [0.4, 0.5) is 0 Å². The molecule has 1 atom stereocenters. The van der Waals surface area contributed by atoms with Crippen LogP contribution < -0.4 is 4.84 Å². The van der Waals surface area contributed by atoms with E-state index in [0.29, 0.717) is 5.02 Å². The van der Waals surface area contributed by atoms with Crippen molar-refractivity contribution in [3.63, 3.8) is 0 Å². The second-order valence-electron chi connectivity index (χ2n) is 2.40. The summed E-state index contributed by atoms with van der Waals surface area (Å²) in [6.45, 7) is -0.0517. The predicted octanol–water partition coefficient (Wildman–Crippen LogP) is 2.12. The molecule has 2 nitrogen and oxygen atoms in total. The van der Waals surface area contributed by atoms with Crippen LogP contribution in [-0.4, -0.2) is 11.7 Å². The molecule has 66 valence electrons. The van der Waals surface area contributed by atoms with Crippen LogP contribution in [0.5, 0.6) is 0 Å². The van der Waals surface area contributed by atoms with Gasteiger partial charge >= 0.3 is 0 Å². The highest BCUT2D eigenvalue weighted by Gasteiger charge is 2.07. The summed E-state index contributed by atoms with van der Waals surface area (Å²) in [6, 6.07) is 6.94. The fourth-order valence-corrected chi connectivity index (χ4v) is 1.32. The van der Waals surface area contributed by atoms with E-state index in [1.54, 1.807) is 12.1 Å². The largest absolute Gasteiger partial charge is 0.394 e. The van der Waals surface area contributed by atoms with E-state index in [4.69, 9.17) is 28.5 Å². The predicted molar refractivity (Wildman–Crippen MR) is 50.3 cm³/mol. The van der Waals surface area contributed by atoms with Gasteiger partial charge in [-0.05, 0) is 29.5 Å². The van der Waals surface area contributed by atoms with E-state index in [9.17, 15) is 0 Å². The number of aliphatic hydroxyl groups is 1. The maximum atomic E-state index is 8.88. The number of hydrogen-bond donors (Lipinski definition) is 2. The van der Waals surface area contributed by atoms with Gasteiger partial charge in [0, 0.05) is 5.02 Å². The monoisotopic (exact) mass is 205 g/mol. The molecule has 0 aliphatic heterocycles. The van der Waals surface area contributed by atoms with Crippen molar-refractivity contribution in [2.75, 3.05) is 6.61 Å². The first-order chi connectivity index (χ1) is 5.77. The third kappa shape index (κ3) is 2.35. The Labute approximate surface area is 81.2 Å². The van der Waals surface area contributed by atoms with Crippen LogP contribution in [0.25, 0.3) is 0 Å². The summed E-state index contributed by atoms with van der Waals surface area (Å²) in [4.78, 5) is 2.46. The molecule has 0 amide bonds. The van der Waals surface area contributed by atoms with Crippen molar-refractivity contribution in [1.82, 2.24) is 4.84 Å². The molecule has 2 N–H and O–H groups in total. The lowest BCUT2D eigenvalue weighted by Gasteiger charge is -2.11. The molecule has 0 fully saturated rings. The zero-order valence-electron chi connectivity index (χ0n) is 6.30. The topological polar surface area (TPSA) is 32.3 Å². The highest BCUT2D eigenvalue weighted by atomic mass is 35.5. The number of aliphatic hydroxyl groups excluding tert-OH is 1. The quantitative estimate of drug-likeness (QED) is 0.742. The van der Waals surface area contributed by atoms with E-state index in [1.807, 2.05) is 12.1 Å². The summed E-state index contributed by atoms with van der Waals surface area (Å²) in [6.07, 6.45) is 0. The molecular formula is C8H9Cl2NO. The van der Waals surface area contributed by atoms with Crippen LogP contribution in [0.1, 0.15) is 11.6 Å². The van der Waals surface area contributed by atoms with Gasteiger partial charge < -0.3 is 5.11 Å². The Bertz CT molecular complexity index is 251. The minimum absolute atomic E-state index is 0.0517. The van der Waals surface area contributed by atoms with Gasteiger partial charge in [0.1, 0.15) is 0 Å². The normalized spacial score (nSPS) is 12.9. The van der Waals surface area contributed by atoms with Gasteiger partial charge in [0.25, 0.3) is 0 Å². The van der Waals surface area contributed by atoms with E-state index < -0.39 is 0 Å². The smallest absolute Gasteiger partial charge is 0.0702 e. The van der Waals surface area contributed by atoms with Gasteiger partial charge in [-0.25, -0.2) is 4.84 Å². The van der Waals surface area contributed by atoms with E-state index in [2.05, 4.69) is 4.84 Å². The Morgan fingerprint density at radius 1 is 1.50 bits per heavy atom. The summed E-state index contributed by atoms with van der Waals surface area (Å²) in [5.74, 6) is 0. The minimum Gasteiger partial charge on any atom is -0.394 e. The second-order valence-corrected chi connectivity index (χ2v) is 3.05. The molecule has 1 aromatic carbocycles. The van der Waals surface area contributed by atoms with Crippen LogP contribution in [0.3, 0.4) is 0 Å². The molecule has 0 spiro atoms. The van der Waals surface area contributed by atoms with Crippen LogP contribution in [0.15, 0.2) is 24.3 Å². The van der Waals surface area contributed by atoms with Crippen molar-refractivity contribution in [3.05, 3.63) is 34.9 Å². The lowest BCUT2D eigenvalue weighted by molar-refractivity contribution is 0.260. The second kappa shape index (κ2) is 4.67. The first-order valence-corrected chi connectivity index (χ1v) is 4.26. The van der Waals surface area contributed by atoms with Crippen LogP contribution >= 0.6 is 23.4 Å². The maximum Gasteiger partial charge on any atom is 0.0702 e. The Balaban J connectivity index is 2.85. The van der Waals surface area contributed by atoms with Gasteiger partial charge in [-0.15, -0.1) is 0 Å². The van der Waals surface area contributed by atoms with Crippen molar-refractivity contribution in [2.45, 2.75) is 6.04 Å². The first-order valence-electron chi connectivity index (χ1n) is 3.50. The molecule has 0 heterocycles. The number of halogens is 2. The van der Waals surface area contributed by atoms with E-state index in [0.717, 1.165) is 5.56 Å². The lowest BCUT2D eigenvalue weighted by Crippen LogP contribution is -2.15. The van der Waals surface area contributed by atoms with Crippen molar-refractivity contribution in [1.29, 1.82) is 0 Å². The Kier molecular flexibility index (Phi) is 3.82. The molecule has 0 unspecified atom stereocenters. The number of rotatable bonds is 3. The van der Waals surface area contributed by atoms with E-state index in [1.165, 1.54) is 0 Å². The molecule has 12 heavy (non-hydrogen) atoms. The van der Waals surface area contributed by atoms with Gasteiger partial charge in [-0.3, -0.25) is 0 Å². The van der Waals surface area contributed by atoms with Crippen molar-refractivity contribution in [2.24, 2.45) is 0 Å². The fourth-order valence-electron chi connectivity index (χ4n) is 0.926. The van der Waals surface area contributed by atoms with Gasteiger partial charge in [-0.1, -0.05) is 23.7 Å². The van der Waals surface area contributed by atoms with Gasteiger partial charge in [-0.2, -0.15) is 0 Å². The molecule has 0 saturated carbocycles. The van der Waals surface area contributed by atoms with Crippen molar-refractivity contribution >= 4 is 23.4 Å². The molecule has 0 radical (unpaired) electrons. The fraction of sp³-hybridized carbons (Fsp3) is 0.250. The molecule has 1 rings (SSSR count). The first kappa shape index (κ1) is 9.81. The van der Waals surface area contributed by atoms with Crippen LogP contribution in [0, 0.1) is 0 Å². The van der Waals surface area contributed by atoms with Crippen LogP contribution in [-0.2, 0) is 0 Å². The number of benzene rings is 1. The third-order valence-electron chi connectivity index (χ3n) is 1.57. The van der Waals surface area contributed by atoms with E-state index in [-0.39, 0.29) is 12.6 Å². The summed E-state index contributed by atoms with van der Waals surface area (Å²) >= 11 is 11.2. The average Bonchev–Trinajstić information content (AvgIpc) is 2.07. The molecule has 0 saturated heterocycles. The van der Waals surface area contributed by atoms with Gasteiger partial charge in [0.05, 0.1) is 12.6 Å². The summed E-state index contributed by atoms with van der Waals surface area (Å²) < 4.78 is 0. The summed E-state index contributed by atoms with van der Waals surface area (Å²) in [5.41, 5.74) is 0.875. The Morgan fingerprint density at radius 3 is 2.75 bits per heavy atom. The van der Waals surface area contributed by atoms with Crippen molar-refractivity contribution < 1.29 is 5.11 Å². The lowest BCUT2D eigenvalue weighted by atomic mass is 10.1. The molecule has 0 aliphatic carbocycles. The third-order valence-corrected chi connectivity index (χ3v) is 2.06. The summed E-state index contributed by atoms with van der Waals surface area (Å²) in [7, 11) is 0. The standard InChI is InChI=1S/C8H9Cl2NO/c9-7-3-1-2-6(4-7)8(5-12)11-10/h1-4,8,11-12H,5H2/t8-/m1/s1. The van der Waals surface area contributed by atoms with Crippen molar-refractivity contribution in [3.8, 4) is 0 Å². The minimum atomic E-state index is -0.259. The molecule has 1 aromatic rings. The molecule has 0 aliphatic rings. The summed E-state index contributed by atoms with van der Waals surface area (Å²) in [5, 5.41) is 9.52. The average molecular weight is 206 g/mol.